The van der Waals surface area contributed by atoms with Gasteiger partial charge in [-0.15, -0.1) is 11.3 Å². The van der Waals surface area contributed by atoms with E-state index in [1.165, 1.54) is 54.5 Å². The third-order valence-corrected chi connectivity index (χ3v) is 7.80. The van der Waals surface area contributed by atoms with Gasteiger partial charge < -0.3 is 5.32 Å². The Morgan fingerprint density at radius 2 is 1.73 bits per heavy atom. The zero-order valence-electron chi connectivity index (χ0n) is 12.9. The molecule has 0 atom stereocenters. The monoisotopic (exact) mass is 329 g/mol. The number of thiophene rings is 2. The fourth-order valence-electron chi connectivity index (χ4n) is 5.66. The molecule has 0 aliphatic heterocycles. The topological polar surface area (TPSA) is 12.0 Å². The summed E-state index contributed by atoms with van der Waals surface area (Å²) in [6, 6.07) is 4.61. The van der Waals surface area contributed by atoms with E-state index in [0.717, 1.165) is 24.3 Å². The summed E-state index contributed by atoms with van der Waals surface area (Å²) >= 11 is 3.70. The van der Waals surface area contributed by atoms with Crippen LogP contribution in [0.1, 0.15) is 43.4 Å². The van der Waals surface area contributed by atoms with E-state index in [1.54, 1.807) is 11.3 Å². The van der Waals surface area contributed by atoms with Gasteiger partial charge in [0.25, 0.3) is 0 Å². The van der Waals surface area contributed by atoms with Gasteiger partial charge in [0.15, 0.2) is 0 Å². The highest BCUT2D eigenvalue weighted by Crippen LogP contribution is 2.55. The molecule has 4 saturated carbocycles. The molecule has 2 aromatic rings. The molecule has 1 N–H and O–H groups in total. The predicted molar refractivity (Wildman–Crippen MR) is 95.4 cm³/mol. The summed E-state index contributed by atoms with van der Waals surface area (Å²) in [7, 11) is 0. The Bertz CT molecular complexity index is 620. The van der Waals surface area contributed by atoms with Gasteiger partial charge in [0.1, 0.15) is 0 Å². The maximum absolute atomic E-state index is 4.02. The van der Waals surface area contributed by atoms with Gasteiger partial charge in [0, 0.05) is 17.0 Å². The first-order valence-electron chi connectivity index (χ1n) is 8.63. The Kier molecular flexibility index (Phi) is 3.25. The summed E-state index contributed by atoms with van der Waals surface area (Å²) in [6.45, 7) is 1.07. The zero-order chi connectivity index (χ0) is 14.6. The number of rotatable bonds is 4. The maximum Gasteiger partial charge on any atom is 0.0305 e. The van der Waals surface area contributed by atoms with Crippen LogP contribution in [0.5, 0.6) is 0 Å². The molecule has 2 aromatic heterocycles. The summed E-state index contributed by atoms with van der Waals surface area (Å²) < 4.78 is 0. The van der Waals surface area contributed by atoms with E-state index in [1.807, 2.05) is 11.3 Å². The van der Waals surface area contributed by atoms with Crippen LogP contribution in [0, 0.1) is 17.8 Å². The van der Waals surface area contributed by atoms with E-state index in [9.17, 15) is 0 Å². The molecule has 4 fully saturated rings. The van der Waals surface area contributed by atoms with Crippen molar-refractivity contribution in [3.63, 3.8) is 0 Å². The molecule has 2 heterocycles. The second kappa shape index (κ2) is 5.19. The van der Waals surface area contributed by atoms with Crippen LogP contribution in [-0.4, -0.2) is 5.54 Å². The molecule has 4 bridgehead atoms. The van der Waals surface area contributed by atoms with Crippen LogP contribution in [-0.2, 0) is 6.54 Å². The van der Waals surface area contributed by atoms with Crippen molar-refractivity contribution in [1.29, 1.82) is 0 Å². The fraction of sp³-hybridized carbons (Fsp3) is 0.579. The summed E-state index contributed by atoms with van der Waals surface area (Å²) in [5.41, 5.74) is 3.26. The van der Waals surface area contributed by atoms with Gasteiger partial charge in [-0.2, -0.15) is 11.3 Å². The van der Waals surface area contributed by atoms with E-state index in [2.05, 4.69) is 33.6 Å². The second-order valence-corrected chi connectivity index (χ2v) is 9.64. The average molecular weight is 330 g/mol. The molecule has 6 rings (SSSR count). The van der Waals surface area contributed by atoms with E-state index >= 15 is 0 Å². The molecule has 22 heavy (non-hydrogen) atoms. The molecule has 1 nitrogen and oxygen atoms in total. The van der Waals surface area contributed by atoms with Crippen LogP contribution in [0.3, 0.4) is 0 Å². The summed E-state index contributed by atoms with van der Waals surface area (Å²) in [6.07, 6.45) is 8.93. The van der Waals surface area contributed by atoms with E-state index in [-0.39, 0.29) is 0 Å². The fourth-order valence-corrected chi connectivity index (χ4v) is 7.15. The molecule has 0 aromatic carbocycles. The highest BCUT2D eigenvalue weighted by atomic mass is 32.1. The average Bonchev–Trinajstić information content (AvgIpc) is 3.15. The van der Waals surface area contributed by atoms with Crippen molar-refractivity contribution in [1.82, 2.24) is 5.32 Å². The molecular weight excluding hydrogens is 306 g/mol. The van der Waals surface area contributed by atoms with Gasteiger partial charge in [0.2, 0.25) is 0 Å². The lowest BCUT2D eigenvalue weighted by molar-refractivity contribution is -0.0204. The summed E-state index contributed by atoms with van der Waals surface area (Å²) in [4.78, 5) is 1.50. The van der Waals surface area contributed by atoms with Gasteiger partial charge >= 0.3 is 0 Å². The van der Waals surface area contributed by atoms with Gasteiger partial charge in [-0.3, -0.25) is 0 Å². The Morgan fingerprint density at radius 3 is 2.36 bits per heavy atom. The highest BCUT2D eigenvalue weighted by molar-refractivity contribution is 7.10. The molecule has 4 aliphatic rings. The van der Waals surface area contributed by atoms with E-state index in [0.29, 0.717) is 5.54 Å². The minimum absolute atomic E-state index is 0.487. The molecule has 116 valence electrons. The van der Waals surface area contributed by atoms with Crippen molar-refractivity contribution in [2.75, 3.05) is 0 Å². The van der Waals surface area contributed by atoms with Gasteiger partial charge in [0.05, 0.1) is 0 Å². The Hall–Kier alpha value is -0.640. The van der Waals surface area contributed by atoms with Crippen molar-refractivity contribution in [3.05, 3.63) is 33.2 Å². The summed E-state index contributed by atoms with van der Waals surface area (Å²) in [5, 5.41) is 10.7. The van der Waals surface area contributed by atoms with Crippen molar-refractivity contribution in [3.8, 4) is 11.1 Å². The minimum atomic E-state index is 0.487. The molecule has 0 unspecified atom stereocenters. The standard InChI is InChI=1S/C19H23NS2/c1-2-21-11-16(1)17-6-18(22-12-17)10-20-19-7-13-3-14(8-19)5-15(4-13)9-19/h1-2,6,11-15,20H,3-5,7-10H2. The quantitative estimate of drug-likeness (QED) is 0.777. The summed E-state index contributed by atoms with van der Waals surface area (Å²) in [5.74, 6) is 3.09. The molecule has 0 saturated heterocycles. The van der Waals surface area contributed by atoms with Crippen molar-refractivity contribution < 1.29 is 0 Å². The van der Waals surface area contributed by atoms with Crippen LogP contribution in [0.2, 0.25) is 0 Å². The van der Waals surface area contributed by atoms with Gasteiger partial charge in [-0.25, -0.2) is 0 Å². The third kappa shape index (κ3) is 2.38. The van der Waals surface area contributed by atoms with Gasteiger partial charge in [-0.05, 0) is 95.7 Å². The first kappa shape index (κ1) is 13.8. The number of nitrogens with one attached hydrogen (secondary N) is 1. The molecule has 4 aliphatic carbocycles. The molecular formula is C19H23NS2. The smallest absolute Gasteiger partial charge is 0.0305 e. The van der Waals surface area contributed by atoms with Gasteiger partial charge in [-0.1, -0.05) is 0 Å². The van der Waals surface area contributed by atoms with Crippen molar-refractivity contribution in [2.24, 2.45) is 17.8 Å². The van der Waals surface area contributed by atoms with Crippen molar-refractivity contribution >= 4 is 22.7 Å². The zero-order valence-corrected chi connectivity index (χ0v) is 14.5. The molecule has 0 spiro atoms. The molecule has 3 heteroatoms. The SMILES string of the molecule is c1cc(-c2csc(CNC34CC5CC(CC(C5)C3)C4)c2)cs1. The van der Waals surface area contributed by atoms with E-state index < -0.39 is 0 Å². The van der Waals surface area contributed by atoms with Crippen LogP contribution < -0.4 is 5.32 Å². The first-order chi connectivity index (χ1) is 10.8. The van der Waals surface area contributed by atoms with E-state index in [4.69, 9.17) is 0 Å². The lowest BCUT2D eigenvalue weighted by atomic mass is 9.53. The molecule has 0 radical (unpaired) electrons. The first-order valence-corrected chi connectivity index (χ1v) is 10.5. The predicted octanol–water partition coefficient (Wildman–Crippen LogP) is 5.54. The largest absolute Gasteiger partial charge is 0.306 e. The Labute approximate surface area is 140 Å². The third-order valence-electron chi connectivity index (χ3n) is 6.18. The van der Waals surface area contributed by atoms with Crippen LogP contribution >= 0.6 is 22.7 Å². The maximum atomic E-state index is 4.02. The highest BCUT2D eigenvalue weighted by Gasteiger charge is 2.50. The normalized spacial score (nSPS) is 36.1. The second-order valence-electron chi connectivity index (χ2n) is 7.87. The van der Waals surface area contributed by atoms with Crippen LogP contribution in [0.4, 0.5) is 0 Å². The Balaban J connectivity index is 1.29. The molecule has 0 amide bonds. The number of hydrogen-bond donors (Lipinski definition) is 1. The Morgan fingerprint density at radius 1 is 1.00 bits per heavy atom. The lowest BCUT2D eigenvalue weighted by Crippen LogP contribution is -2.58. The minimum Gasteiger partial charge on any atom is -0.306 e. The van der Waals surface area contributed by atoms with Crippen LogP contribution in [0.15, 0.2) is 28.3 Å². The van der Waals surface area contributed by atoms with Crippen LogP contribution in [0.25, 0.3) is 11.1 Å². The van der Waals surface area contributed by atoms with Crippen molar-refractivity contribution in [2.45, 2.75) is 50.6 Å². The number of hydrogen-bond acceptors (Lipinski definition) is 3. The lowest BCUT2D eigenvalue weighted by Gasteiger charge is -2.57.